The smallest absolute Gasteiger partial charge is 0.298 e. The SMILES string of the molecule is COc1nc2c(C)cc(C)nc2n1Cc1ccc2c(c1)CCc1ccccc1N2. The molecule has 0 unspecified atom stereocenters. The summed E-state index contributed by atoms with van der Waals surface area (Å²) in [7, 11) is 1.66. The van der Waals surface area contributed by atoms with E-state index in [1.807, 2.05) is 6.92 Å². The minimum atomic E-state index is 0.599. The van der Waals surface area contributed by atoms with Gasteiger partial charge in [-0.15, -0.1) is 0 Å². The first-order valence-electron chi connectivity index (χ1n) is 9.97. The maximum absolute atomic E-state index is 5.57. The van der Waals surface area contributed by atoms with E-state index in [-0.39, 0.29) is 0 Å². The molecule has 0 radical (unpaired) electrons. The summed E-state index contributed by atoms with van der Waals surface area (Å²) >= 11 is 0. The van der Waals surface area contributed by atoms with Gasteiger partial charge in [-0.25, -0.2) is 4.98 Å². The second-order valence-electron chi connectivity index (χ2n) is 7.71. The number of hydrogen-bond donors (Lipinski definition) is 1. The Bertz CT molecular complexity index is 1230. The van der Waals surface area contributed by atoms with Gasteiger partial charge in [0, 0.05) is 17.1 Å². The molecule has 0 aliphatic carbocycles. The number of ether oxygens (including phenoxy) is 1. The van der Waals surface area contributed by atoms with Crippen molar-refractivity contribution in [3.05, 3.63) is 76.5 Å². The van der Waals surface area contributed by atoms with Gasteiger partial charge in [-0.1, -0.05) is 30.3 Å². The highest BCUT2D eigenvalue weighted by Gasteiger charge is 2.17. The number of aryl methyl sites for hydroxylation is 4. The van der Waals surface area contributed by atoms with Gasteiger partial charge < -0.3 is 10.1 Å². The zero-order valence-corrected chi connectivity index (χ0v) is 17.0. The monoisotopic (exact) mass is 384 g/mol. The lowest BCUT2D eigenvalue weighted by molar-refractivity contribution is 0.363. The molecule has 0 amide bonds. The number of fused-ring (bicyclic) bond motifs is 3. The fourth-order valence-corrected chi connectivity index (χ4v) is 4.21. The van der Waals surface area contributed by atoms with Crippen molar-refractivity contribution in [3.63, 3.8) is 0 Å². The molecule has 0 fully saturated rings. The molecule has 5 nitrogen and oxygen atoms in total. The highest BCUT2D eigenvalue weighted by molar-refractivity contribution is 5.77. The van der Waals surface area contributed by atoms with Crippen LogP contribution in [0, 0.1) is 13.8 Å². The molecule has 4 aromatic rings. The molecule has 1 N–H and O–H groups in total. The highest BCUT2D eigenvalue weighted by atomic mass is 16.5. The minimum absolute atomic E-state index is 0.599. The number of nitrogens with one attached hydrogen (secondary N) is 1. The Morgan fingerprint density at radius 2 is 1.76 bits per heavy atom. The molecular formula is C24H24N4O. The maximum atomic E-state index is 5.57. The van der Waals surface area contributed by atoms with E-state index in [0.29, 0.717) is 12.6 Å². The number of rotatable bonds is 3. The summed E-state index contributed by atoms with van der Waals surface area (Å²) in [5, 5.41) is 3.60. The largest absolute Gasteiger partial charge is 0.468 e. The zero-order valence-electron chi connectivity index (χ0n) is 17.0. The Hall–Kier alpha value is -3.34. The predicted molar refractivity (Wildman–Crippen MR) is 116 cm³/mol. The normalized spacial score (nSPS) is 12.8. The second-order valence-corrected chi connectivity index (χ2v) is 7.71. The van der Waals surface area contributed by atoms with E-state index in [2.05, 4.69) is 70.3 Å². The van der Waals surface area contributed by atoms with E-state index < -0.39 is 0 Å². The lowest BCUT2D eigenvalue weighted by Crippen LogP contribution is -2.05. The summed E-state index contributed by atoms with van der Waals surface area (Å²) < 4.78 is 7.64. The highest BCUT2D eigenvalue weighted by Crippen LogP contribution is 2.31. The number of nitrogens with zero attached hydrogens (tertiary/aromatic N) is 3. The summed E-state index contributed by atoms with van der Waals surface area (Å²) in [6.45, 7) is 4.76. The standard InChI is InChI=1S/C24H24N4O/c1-15-12-16(2)25-23-22(15)27-24(29-3)28(23)14-17-8-11-21-19(13-17)10-9-18-6-4-5-7-20(18)26-21/h4-8,11-13,26H,9-10,14H2,1-3H3. The molecule has 0 spiro atoms. The Kier molecular flexibility index (Phi) is 4.23. The van der Waals surface area contributed by atoms with E-state index in [4.69, 9.17) is 9.72 Å². The number of para-hydroxylation sites is 1. The number of benzene rings is 2. The Morgan fingerprint density at radius 1 is 0.966 bits per heavy atom. The lowest BCUT2D eigenvalue weighted by Gasteiger charge is -2.13. The molecule has 0 saturated carbocycles. The third kappa shape index (κ3) is 3.12. The molecule has 0 bridgehead atoms. The molecule has 1 aliphatic heterocycles. The van der Waals surface area contributed by atoms with Gasteiger partial charge in [0.05, 0.1) is 13.7 Å². The van der Waals surface area contributed by atoms with Gasteiger partial charge in [0.2, 0.25) is 0 Å². The summed E-state index contributed by atoms with van der Waals surface area (Å²) in [6.07, 6.45) is 2.06. The van der Waals surface area contributed by atoms with Crippen molar-refractivity contribution in [1.29, 1.82) is 0 Å². The maximum Gasteiger partial charge on any atom is 0.298 e. The average molecular weight is 384 g/mol. The van der Waals surface area contributed by atoms with Crippen LogP contribution in [0.15, 0.2) is 48.5 Å². The van der Waals surface area contributed by atoms with Crippen molar-refractivity contribution in [2.45, 2.75) is 33.2 Å². The molecular weight excluding hydrogens is 360 g/mol. The van der Waals surface area contributed by atoms with Crippen LogP contribution in [-0.4, -0.2) is 21.6 Å². The van der Waals surface area contributed by atoms with Gasteiger partial charge in [-0.3, -0.25) is 4.57 Å². The predicted octanol–water partition coefficient (Wildman–Crippen LogP) is 4.95. The van der Waals surface area contributed by atoms with Crippen LogP contribution in [0.3, 0.4) is 0 Å². The van der Waals surface area contributed by atoms with Gasteiger partial charge in [-0.2, -0.15) is 4.98 Å². The van der Waals surface area contributed by atoms with Crippen molar-refractivity contribution < 1.29 is 4.74 Å². The molecule has 146 valence electrons. The quantitative estimate of drug-likeness (QED) is 0.543. The Morgan fingerprint density at radius 3 is 2.62 bits per heavy atom. The van der Waals surface area contributed by atoms with Gasteiger partial charge in [0.1, 0.15) is 5.52 Å². The van der Waals surface area contributed by atoms with Crippen LogP contribution in [0.4, 0.5) is 11.4 Å². The van der Waals surface area contributed by atoms with Crippen LogP contribution in [0.5, 0.6) is 6.01 Å². The van der Waals surface area contributed by atoms with Gasteiger partial charge in [-0.05, 0) is 67.1 Å². The zero-order chi connectivity index (χ0) is 20.0. The molecule has 2 aromatic carbocycles. The van der Waals surface area contributed by atoms with E-state index in [0.717, 1.165) is 35.3 Å². The summed E-state index contributed by atoms with van der Waals surface area (Å²) in [6, 6.07) is 17.9. The van der Waals surface area contributed by atoms with Crippen LogP contribution < -0.4 is 10.1 Å². The molecule has 5 heteroatoms. The molecule has 0 atom stereocenters. The Balaban J connectivity index is 1.53. The van der Waals surface area contributed by atoms with Crippen LogP contribution in [-0.2, 0) is 19.4 Å². The number of hydrogen-bond acceptors (Lipinski definition) is 4. The topological polar surface area (TPSA) is 52.0 Å². The first kappa shape index (κ1) is 17.7. The summed E-state index contributed by atoms with van der Waals surface area (Å²) in [5.74, 6) is 0. The third-order valence-electron chi connectivity index (χ3n) is 5.63. The van der Waals surface area contributed by atoms with E-state index in [1.165, 1.54) is 28.1 Å². The third-order valence-corrected chi connectivity index (χ3v) is 5.63. The molecule has 2 aromatic heterocycles. The number of pyridine rings is 1. The van der Waals surface area contributed by atoms with Crippen molar-refractivity contribution in [3.8, 4) is 6.01 Å². The molecule has 29 heavy (non-hydrogen) atoms. The van der Waals surface area contributed by atoms with Crippen molar-refractivity contribution in [2.75, 3.05) is 12.4 Å². The van der Waals surface area contributed by atoms with Gasteiger partial charge in [0.25, 0.3) is 6.01 Å². The van der Waals surface area contributed by atoms with Crippen LogP contribution >= 0.6 is 0 Å². The number of aromatic nitrogens is 3. The van der Waals surface area contributed by atoms with Crippen LogP contribution in [0.25, 0.3) is 11.2 Å². The minimum Gasteiger partial charge on any atom is -0.468 e. The molecule has 3 heterocycles. The molecule has 5 rings (SSSR count). The molecule has 0 saturated heterocycles. The van der Waals surface area contributed by atoms with E-state index in [1.54, 1.807) is 7.11 Å². The number of imidazole rings is 1. The fraction of sp³-hybridized carbons (Fsp3) is 0.250. The van der Waals surface area contributed by atoms with Crippen molar-refractivity contribution in [1.82, 2.24) is 14.5 Å². The first-order chi connectivity index (χ1) is 14.1. The van der Waals surface area contributed by atoms with Crippen LogP contribution in [0.2, 0.25) is 0 Å². The second kappa shape index (κ2) is 6.92. The first-order valence-corrected chi connectivity index (χ1v) is 9.97. The lowest BCUT2D eigenvalue weighted by atomic mass is 10.0. The average Bonchev–Trinajstić information content (AvgIpc) is 2.95. The van der Waals surface area contributed by atoms with Crippen molar-refractivity contribution in [2.24, 2.45) is 0 Å². The number of anilines is 2. The van der Waals surface area contributed by atoms with Crippen LogP contribution in [0.1, 0.15) is 27.9 Å². The number of methoxy groups -OCH3 is 1. The fourth-order valence-electron chi connectivity index (χ4n) is 4.21. The van der Waals surface area contributed by atoms with Gasteiger partial charge >= 0.3 is 0 Å². The van der Waals surface area contributed by atoms with E-state index >= 15 is 0 Å². The van der Waals surface area contributed by atoms with Crippen molar-refractivity contribution >= 4 is 22.5 Å². The Labute approximate surface area is 170 Å². The van der Waals surface area contributed by atoms with E-state index in [9.17, 15) is 0 Å². The summed E-state index contributed by atoms with van der Waals surface area (Å²) in [4.78, 5) is 9.40. The summed E-state index contributed by atoms with van der Waals surface area (Å²) in [5.41, 5.74) is 10.2. The van der Waals surface area contributed by atoms with Gasteiger partial charge in [0.15, 0.2) is 5.65 Å². The molecule has 1 aliphatic rings.